The van der Waals surface area contributed by atoms with Crippen LogP contribution in [0.2, 0.25) is 0 Å². The quantitative estimate of drug-likeness (QED) is 0.835. The number of hydrogen-bond acceptors (Lipinski definition) is 3. The summed E-state index contributed by atoms with van der Waals surface area (Å²) in [6.45, 7) is 5.68. The summed E-state index contributed by atoms with van der Waals surface area (Å²) in [5, 5.41) is 0. The summed E-state index contributed by atoms with van der Waals surface area (Å²) in [5.41, 5.74) is 1.17. The maximum atomic E-state index is 11.9. The highest BCUT2D eigenvalue weighted by atomic mass is 32.2. The third kappa shape index (κ3) is 2.67. The first-order valence-corrected chi connectivity index (χ1v) is 7.95. The van der Waals surface area contributed by atoms with Crippen LogP contribution in [0.25, 0.3) is 0 Å². The van der Waals surface area contributed by atoms with Gasteiger partial charge in [-0.1, -0.05) is 18.2 Å². The van der Waals surface area contributed by atoms with Crippen LogP contribution in [0.3, 0.4) is 0 Å². The van der Waals surface area contributed by atoms with Crippen LogP contribution in [0.15, 0.2) is 30.3 Å². The summed E-state index contributed by atoms with van der Waals surface area (Å²) in [6.07, 6.45) is 0. The average molecular weight is 268 g/mol. The largest absolute Gasteiger partial charge is 0.366 e. The molecule has 1 aromatic rings. The first-order chi connectivity index (χ1) is 8.54. The molecule has 1 atom stereocenters. The maximum absolute atomic E-state index is 11.9. The first-order valence-electron chi connectivity index (χ1n) is 6.34. The average Bonchev–Trinajstić information content (AvgIpc) is 2.39. The van der Waals surface area contributed by atoms with Crippen molar-refractivity contribution >= 4 is 15.7 Å². The molecular weight excluding hydrogens is 248 g/mol. The molecule has 2 rings (SSSR count). The fraction of sp³-hybridized carbons (Fsp3) is 0.538. The Morgan fingerprint density at radius 1 is 1.22 bits per heavy atom. The number of piperazine rings is 1. The zero-order valence-electron chi connectivity index (χ0n) is 10.9. The molecule has 0 saturated carbocycles. The number of para-hydroxylation sites is 1. The second-order valence-electron chi connectivity index (χ2n) is 4.64. The van der Waals surface area contributed by atoms with Gasteiger partial charge in [-0.2, -0.15) is 4.31 Å². The lowest BCUT2D eigenvalue weighted by molar-refractivity contribution is 0.343. The lowest BCUT2D eigenvalue weighted by Gasteiger charge is -2.40. The summed E-state index contributed by atoms with van der Waals surface area (Å²) >= 11 is 0. The minimum atomic E-state index is -3.05. The van der Waals surface area contributed by atoms with E-state index in [1.54, 1.807) is 11.2 Å². The monoisotopic (exact) mass is 268 g/mol. The zero-order chi connectivity index (χ0) is 13.2. The Morgan fingerprint density at radius 2 is 1.89 bits per heavy atom. The Hall–Kier alpha value is -1.07. The molecule has 1 unspecified atom stereocenters. The molecular formula is C13H20N2O2S. The van der Waals surface area contributed by atoms with Gasteiger partial charge in [-0.3, -0.25) is 0 Å². The summed E-state index contributed by atoms with van der Waals surface area (Å²) < 4.78 is 25.3. The smallest absolute Gasteiger partial charge is 0.213 e. The van der Waals surface area contributed by atoms with Crippen LogP contribution in [0, 0.1) is 0 Å². The van der Waals surface area contributed by atoms with Gasteiger partial charge < -0.3 is 4.90 Å². The lowest BCUT2D eigenvalue weighted by atomic mass is 10.2. The molecule has 100 valence electrons. The molecule has 0 spiro atoms. The van der Waals surface area contributed by atoms with E-state index >= 15 is 0 Å². The van der Waals surface area contributed by atoms with E-state index in [0.717, 1.165) is 6.54 Å². The van der Waals surface area contributed by atoms with E-state index in [-0.39, 0.29) is 11.8 Å². The Labute approximate surface area is 109 Å². The highest BCUT2D eigenvalue weighted by Gasteiger charge is 2.29. The zero-order valence-corrected chi connectivity index (χ0v) is 11.7. The molecule has 0 aromatic heterocycles. The van der Waals surface area contributed by atoms with Crippen LogP contribution in [-0.4, -0.2) is 44.2 Å². The molecule has 18 heavy (non-hydrogen) atoms. The molecule has 1 aromatic carbocycles. The molecule has 1 fully saturated rings. The van der Waals surface area contributed by atoms with Gasteiger partial charge in [0.05, 0.1) is 5.75 Å². The third-order valence-electron chi connectivity index (χ3n) is 3.44. The highest BCUT2D eigenvalue weighted by Crippen LogP contribution is 2.21. The van der Waals surface area contributed by atoms with Crippen molar-refractivity contribution in [2.45, 2.75) is 19.9 Å². The van der Waals surface area contributed by atoms with Gasteiger partial charge in [-0.25, -0.2) is 8.42 Å². The van der Waals surface area contributed by atoms with Crippen LogP contribution in [0.5, 0.6) is 0 Å². The van der Waals surface area contributed by atoms with Gasteiger partial charge >= 0.3 is 0 Å². The topological polar surface area (TPSA) is 40.6 Å². The molecule has 4 nitrogen and oxygen atoms in total. The summed E-state index contributed by atoms with van der Waals surface area (Å²) in [7, 11) is -3.05. The van der Waals surface area contributed by atoms with Crippen molar-refractivity contribution in [3.63, 3.8) is 0 Å². The first kappa shape index (κ1) is 13.4. The van der Waals surface area contributed by atoms with Gasteiger partial charge in [0.1, 0.15) is 0 Å². The fourth-order valence-electron chi connectivity index (χ4n) is 2.36. The molecule has 1 saturated heterocycles. The fourth-order valence-corrected chi connectivity index (χ4v) is 3.53. The number of anilines is 1. The number of hydrogen-bond donors (Lipinski definition) is 0. The van der Waals surface area contributed by atoms with Crippen LogP contribution in [-0.2, 0) is 10.0 Å². The minimum Gasteiger partial charge on any atom is -0.366 e. The Kier molecular flexibility index (Phi) is 3.92. The van der Waals surface area contributed by atoms with E-state index in [1.165, 1.54) is 5.69 Å². The molecule has 1 heterocycles. The third-order valence-corrected chi connectivity index (χ3v) is 5.28. The van der Waals surface area contributed by atoms with Crippen molar-refractivity contribution in [3.05, 3.63) is 30.3 Å². The molecule has 0 aliphatic carbocycles. The SMILES string of the molecule is CCS(=O)(=O)N1CCN(c2ccccc2)C(C)C1. The predicted octanol–water partition coefficient (Wildman–Crippen LogP) is 1.55. The summed E-state index contributed by atoms with van der Waals surface area (Å²) in [6, 6.07) is 10.4. The van der Waals surface area contributed by atoms with Crippen molar-refractivity contribution in [1.29, 1.82) is 0 Å². The van der Waals surface area contributed by atoms with E-state index < -0.39 is 10.0 Å². The van der Waals surface area contributed by atoms with E-state index in [4.69, 9.17) is 0 Å². The van der Waals surface area contributed by atoms with Crippen molar-refractivity contribution in [2.24, 2.45) is 0 Å². The van der Waals surface area contributed by atoms with Gasteiger partial charge in [0.15, 0.2) is 0 Å². The Balaban J connectivity index is 2.10. The van der Waals surface area contributed by atoms with Crippen LogP contribution >= 0.6 is 0 Å². The van der Waals surface area contributed by atoms with Gasteiger partial charge in [0.2, 0.25) is 10.0 Å². The van der Waals surface area contributed by atoms with Gasteiger partial charge in [-0.05, 0) is 26.0 Å². The van der Waals surface area contributed by atoms with Gasteiger partial charge in [0, 0.05) is 31.4 Å². The Morgan fingerprint density at radius 3 is 2.44 bits per heavy atom. The van der Waals surface area contributed by atoms with Gasteiger partial charge in [0.25, 0.3) is 0 Å². The number of nitrogens with zero attached hydrogens (tertiary/aromatic N) is 2. The van der Waals surface area contributed by atoms with E-state index in [1.807, 2.05) is 18.2 Å². The second-order valence-corrected chi connectivity index (χ2v) is 6.89. The normalized spacial score (nSPS) is 22.1. The van der Waals surface area contributed by atoms with Crippen molar-refractivity contribution < 1.29 is 8.42 Å². The van der Waals surface area contributed by atoms with Crippen LogP contribution in [0.4, 0.5) is 5.69 Å². The summed E-state index contributed by atoms with van der Waals surface area (Å²) in [5.74, 6) is 0.186. The second kappa shape index (κ2) is 5.28. The number of benzene rings is 1. The van der Waals surface area contributed by atoms with E-state index in [2.05, 4.69) is 24.0 Å². The molecule has 0 N–H and O–H groups in total. The molecule has 1 aliphatic rings. The van der Waals surface area contributed by atoms with Crippen molar-refractivity contribution in [3.8, 4) is 0 Å². The number of rotatable bonds is 3. The summed E-state index contributed by atoms with van der Waals surface area (Å²) in [4.78, 5) is 2.27. The Bertz CT molecular complexity index is 487. The van der Waals surface area contributed by atoms with Crippen LogP contribution < -0.4 is 4.90 Å². The minimum absolute atomic E-state index is 0.186. The lowest BCUT2D eigenvalue weighted by Crippen LogP contribution is -2.54. The standard InChI is InChI=1S/C13H20N2O2S/c1-3-18(16,17)14-9-10-15(12(2)11-14)13-7-5-4-6-8-13/h4-8,12H,3,9-11H2,1-2H3. The molecule has 5 heteroatoms. The van der Waals surface area contributed by atoms with E-state index in [9.17, 15) is 8.42 Å². The molecule has 0 radical (unpaired) electrons. The van der Waals surface area contributed by atoms with Gasteiger partial charge in [-0.15, -0.1) is 0 Å². The van der Waals surface area contributed by atoms with E-state index in [0.29, 0.717) is 13.1 Å². The molecule has 1 aliphatic heterocycles. The maximum Gasteiger partial charge on any atom is 0.213 e. The number of sulfonamides is 1. The van der Waals surface area contributed by atoms with Crippen molar-refractivity contribution in [2.75, 3.05) is 30.3 Å². The van der Waals surface area contributed by atoms with Crippen LogP contribution in [0.1, 0.15) is 13.8 Å². The highest BCUT2D eigenvalue weighted by molar-refractivity contribution is 7.89. The van der Waals surface area contributed by atoms with Crippen molar-refractivity contribution in [1.82, 2.24) is 4.31 Å². The molecule has 0 bridgehead atoms. The predicted molar refractivity (Wildman–Crippen MR) is 74.3 cm³/mol. The molecule has 0 amide bonds.